The second-order valence-corrected chi connectivity index (χ2v) is 5.56. The van der Waals surface area contributed by atoms with Gasteiger partial charge in [-0.15, -0.1) is 0 Å². The molecule has 1 aliphatic heterocycles. The Labute approximate surface area is 117 Å². The summed E-state index contributed by atoms with van der Waals surface area (Å²) in [6.45, 7) is 0.865. The van der Waals surface area contributed by atoms with Crippen molar-refractivity contribution in [2.75, 3.05) is 13.2 Å². The predicted octanol–water partition coefficient (Wildman–Crippen LogP) is 0.972. The van der Waals surface area contributed by atoms with Gasteiger partial charge in [0.15, 0.2) is 5.69 Å². The lowest BCUT2D eigenvalue weighted by Crippen LogP contribution is -2.18. The van der Waals surface area contributed by atoms with Gasteiger partial charge in [-0.1, -0.05) is 6.42 Å². The topological polar surface area (TPSA) is 84.1 Å². The lowest BCUT2D eigenvalue weighted by molar-refractivity contribution is -0.119. The van der Waals surface area contributed by atoms with E-state index in [0.29, 0.717) is 18.7 Å². The van der Waals surface area contributed by atoms with E-state index in [0.717, 1.165) is 36.9 Å². The summed E-state index contributed by atoms with van der Waals surface area (Å²) >= 11 is 0. The van der Waals surface area contributed by atoms with E-state index < -0.39 is 0 Å². The minimum Gasteiger partial charge on any atom is -0.461 e. The van der Waals surface area contributed by atoms with Crippen LogP contribution in [0, 0.1) is 5.92 Å². The molecule has 1 aromatic rings. The van der Waals surface area contributed by atoms with E-state index in [1.54, 1.807) is 0 Å². The van der Waals surface area contributed by atoms with Crippen molar-refractivity contribution in [2.24, 2.45) is 5.92 Å². The van der Waals surface area contributed by atoms with Crippen molar-refractivity contribution in [2.45, 2.75) is 38.5 Å². The van der Waals surface area contributed by atoms with Gasteiger partial charge in [-0.2, -0.15) is 5.10 Å². The molecule has 1 aromatic heterocycles. The largest absolute Gasteiger partial charge is 0.461 e. The summed E-state index contributed by atoms with van der Waals surface area (Å²) in [5.74, 6) is -0.257. The Morgan fingerprint density at radius 2 is 2.15 bits per heavy atom. The number of rotatable bonds is 3. The van der Waals surface area contributed by atoms with Crippen molar-refractivity contribution in [3.05, 3.63) is 17.0 Å². The van der Waals surface area contributed by atoms with Crippen LogP contribution in [0.2, 0.25) is 0 Å². The number of aromatic nitrogens is 2. The molecule has 1 amide bonds. The molecule has 0 unspecified atom stereocenters. The maximum Gasteiger partial charge on any atom is 0.359 e. The lowest BCUT2D eigenvalue weighted by Gasteiger charge is -2.08. The first-order valence-corrected chi connectivity index (χ1v) is 7.24. The number of hydrogen-bond donors (Lipinski definition) is 2. The maximum absolute atomic E-state index is 12.1. The average molecular weight is 277 g/mol. The summed E-state index contributed by atoms with van der Waals surface area (Å²) in [7, 11) is 0. The minimum absolute atomic E-state index is 0.0275. The Hall–Kier alpha value is -1.85. The Balaban J connectivity index is 1.62. The smallest absolute Gasteiger partial charge is 0.359 e. The number of carbonyl (C=O) groups excluding carboxylic acids is 2. The molecular weight excluding hydrogens is 258 g/mol. The van der Waals surface area contributed by atoms with Crippen LogP contribution >= 0.6 is 0 Å². The summed E-state index contributed by atoms with van der Waals surface area (Å²) in [6.07, 6.45) is 5.70. The van der Waals surface area contributed by atoms with Crippen molar-refractivity contribution in [3.8, 4) is 0 Å². The summed E-state index contributed by atoms with van der Waals surface area (Å²) in [6, 6.07) is 0. The summed E-state index contributed by atoms with van der Waals surface area (Å²) in [4.78, 5) is 23.2. The van der Waals surface area contributed by atoms with Crippen LogP contribution in [0.5, 0.6) is 0 Å². The molecule has 0 aromatic carbocycles. The Bertz CT molecular complexity index is 524. The second kappa shape index (κ2) is 5.64. The van der Waals surface area contributed by atoms with Crippen LogP contribution in [0.3, 0.4) is 0 Å². The molecule has 108 valence electrons. The van der Waals surface area contributed by atoms with Gasteiger partial charge in [0.05, 0.1) is 6.61 Å². The molecule has 6 heteroatoms. The van der Waals surface area contributed by atoms with Gasteiger partial charge < -0.3 is 10.1 Å². The van der Waals surface area contributed by atoms with Gasteiger partial charge in [0.2, 0.25) is 5.91 Å². The predicted molar refractivity (Wildman–Crippen MR) is 71.2 cm³/mol. The van der Waals surface area contributed by atoms with Gasteiger partial charge in [-0.05, 0) is 25.7 Å². The van der Waals surface area contributed by atoms with Gasteiger partial charge in [0.25, 0.3) is 0 Å². The van der Waals surface area contributed by atoms with Crippen LogP contribution in [0.25, 0.3) is 0 Å². The molecule has 1 aliphatic carbocycles. The quantitative estimate of drug-likeness (QED) is 0.637. The SMILES string of the molecule is O=C1C[C@H](COC(=O)c2n[nH]c3c2CCCCC3)CN1. The number of ether oxygens (including phenoxy) is 1. The first-order chi connectivity index (χ1) is 9.74. The molecule has 3 rings (SSSR count). The fraction of sp³-hybridized carbons (Fsp3) is 0.643. The first kappa shape index (κ1) is 13.1. The van der Waals surface area contributed by atoms with Crippen LogP contribution < -0.4 is 5.32 Å². The Kier molecular flexibility index (Phi) is 3.71. The number of aryl methyl sites for hydroxylation is 1. The average Bonchev–Trinajstić information content (AvgIpc) is 2.96. The van der Waals surface area contributed by atoms with Gasteiger partial charge in [-0.3, -0.25) is 9.89 Å². The zero-order valence-electron chi connectivity index (χ0n) is 11.4. The number of aromatic amines is 1. The third kappa shape index (κ3) is 2.69. The van der Waals surface area contributed by atoms with E-state index in [-0.39, 0.29) is 24.4 Å². The number of hydrogen-bond acceptors (Lipinski definition) is 4. The van der Waals surface area contributed by atoms with E-state index in [9.17, 15) is 9.59 Å². The molecule has 2 aliphatic rings. The molecule has 0 bridgehead atoms. The van der Waals surface area contributed by atoms with Crippen LogP contribution in [0.1, 0.15) is 47.4 Å². The fourth-order valence-electron chi connectivity index (χ4n) is 2.87. The maximum atomic E-state index is 12.1. The molecule has 0 spiro atoms. The molecular formula is C14H19N3O3. The number of amides is 1. The Morgan fingerprint density at radius 3 is 2.95 bits per heavy atom. The van der Waals surface area contributed by atoms with E-state index in [2.05, 4.69) is 15.5 Å². The third-order valence-electron chi connectivity index (χ3n) is 4.01. The van der Waals surface area contributed by atoms with Crippen molar-refractivity contribution in [1.82, 2.24) is 15.5 Å². The van der Waals surface area contributed by atoms with Crippen LogP contribution in [0.15, 0.2) is 0 Å². The zero-order valence-corrected chi connectivity index (χ0v) is 11.4. The second-order valence-electron chi connectivity index (χ2n) is 5.56. The molecule has 1 saturated heterocycles. The molecule has 2 N–H and O–H groups in total. The van der Waals surface area contributed by atoms with Gasteiger partial charge in [-0.25, -0.2) is 4.79 Å². The normalized spacial score (nSPS) is 22.0. The zero-order chi connectivity index (χ0) is 13.9. The monoisotopic (exact) mass is 277 g/mol. The fourth-order valence-corrected chi connectivity index (χ4v) is 2.87. The van der Waals surface area contributed by atoms with E-state index in [4.69, 9.17) is 4.74 Å². The van der Waals surface area contributed by atoms with Crippen molar-refractivity contribution in [3.63, 3.8) is 0 Å². The molecule has 0 radical (unpaired) electrons. The Morgan fingerprint density at radius 1 is 1.30 bits per heavy atom. The number of nitrogens with one attached hydrogen (secondary N) is 2. The van der Waals surface area contributed by atoms with Crippen LogP contribution in [-0.2, 0) is 22.4 Å². The van der Waals surface area contributed by atoms with E-state index >= 15 is 0 Å². The summed E-state index contributed by atoms with van der Waals surface area (Å²) in [5, 5.41) is 9.82. The highest BCUT2D eigenvalue weighted by Crippen LogP contribution is 2.22. The number of carbonyl (C=O) groups is 2. The molecule has 6 nitrogen and oxygen atoms in total. The van der Waals surface area contributed by atoms with Crippen molar-refractivity contribution in [1.29, 1.82) is 0 Å². The highest BCUT2D eigenvalue weighted by Gasteiger charge is 2.25. The summed E-state index contributed by atoms with van der Waals surface area (Å²) < 4.78 is 5.31. The van der Waals surface area contributed by atoms with Gasteiger partial charge in [0.1, 0.15) is 0 Å². The van der Waals surface area contributed by atoms with E-state index in [1.165, 1.54) is 6.42 Å². The number of H-pyrrole nitrogens is 1. The van der Waals surface area contributed by atoms with E-state index in [1.807, 2.05) is 0 Å². The molecule has 1 fully saturated rings. The highest BCUT2D eigenvalue weighted by atomic mass is 16.5. The number of nitrogens with zero attached hydrogens (tertiary/aromatic N) is 1. The lowest BCUT2D eigenvalue weighted by atomic mass is 10.1. The molecule has 20 heavy (non-hydrogen) atoms. The van der Waals surface area contributed by atoms with Gasteiger partial charge in [0, 0.05) is 30.1 Å². The number of fused-ring (bicyclic) bond motifs is 1. The van der Waals surface area contributed by atoms with Crippen molar-refractivity contribution >= 4 is 11.9 Å². The van der Waals surface area contributed by atoms with Crippen LogP contribution in [-0.4, -0.2) is 35.2 Å². The van der Waals surface area contributed by atoms with Crippen molar-refractivity contribution < 1.29 is 14.3 Å². The molecule has 1 atom stereocenters. The highest BCUT2D eigenvalue weighted by molar-refractivity contribution is 5.89. The first-order valence-electron chi connectivity index (χ1n) is 7.24. The summed E-state index contributed by atoms with van der Waals surface area (Å²) in [5.41, 5.74) is 2.53. The van der Waals surface area contributed by atoms with Crippen LogP contribution in [0.4, 0.5) is 0 Å². The van der Waals surface area contributed by atoms with Gasteiger partial charge >= 0.3 is 5.97 Å². The molecule has 2 heterocycles. The third-order valence-corrected chi connectivity index (χ3v) is 4.01. The molecule has 0 saturated carbocycles. The number of esters is 1. The minimum atomic E-state index is -0.372. The standard InChI is InChI=1S/C14H19N3O3/c18-12-6-9(7-15-12)8-20-14(19)13-10-4-2-1-3-5-11(10)16-17-13/h9H,1-8H2,(H,15,18)(H,16,17)/t9-/m0/s1.